The SMILES string of the molecule is CCCCOC(=O)c1ccccc1-c1ccc(C[N+]2(C)C(CCC)=Nc3c(-c4cn(CCN5CCOCC5)cn4)cccc32)cc1. The van der Waals surface area contributed by atoms with Crippen molar-refractivity contribution in [1.29, 1.82) is 0 Å². The summed E-state index contributed by atoms with van der Waals surface area (Å²) in [7, 11) is 2.28. The van der Waals surface area contributed by atoms with Crippen LogP contribution in [-0.2, 0) is 22.6 Å². The van der Waals surface area contributed by atoms with Crippen molar-refractivity contribution in [3.8, 4) is 22.4 Å². The van der Waals surface area contributed by atoms with Gasteiger partial charge in [-0.2, -0.15) is 4.99 Å². The van der Waals surface area contributed by atoms with E-state index >= 15 is 0 Å². The predicted octanol–water partition coefficient (Wildman–Crippen LogP) is 7.49. The first-order valence-corrected chi connectivity index (χ1v) is 16.7. The molecule has 1 fully saturated rings. The van der Waals surface area contributed by atoms with Crippen LogP contribution in [0.4, 0.5) is 11.4 Å². The van der Waals surface area contributed by atoms with Gasteiger partial charge in [-0.25, -0.2) is 14.3 Å². The smallest absolute Gasteiger partial charge is 0.338 e. The van der Waals surface area contributed by atoms with Crippen LogP contribution < -0.4 is 4.48 Å². The lowest BCUT2D eigenvalue weighted by Gasteiger charge is -2.31. The van der Waals surface area contributed by atoms with Crippen molar-refractivity contribution >= 4 is 23.2 Å². The van der Waals surface area contributed by atoms with Crippen LogP contribution in [0.5, 0.6) is 0 Å². The molecular weight excluding hydrogens is 574 g/mol. The molecule has 0 bridgehead atoms. The Balaban J connectivity index is 1.22. The number of quaternary nitrogens is 1. The van der Waals surface area contributed by atoms with Crippen molar-refractivity contribution in [2.75, 3.05) is 46.5 Å². The molecule has 0 radical (unpaired) electrons. The maximum atomic E-state index is 12.8. The molecule has 240 valence electrons. The number of imidazole rings is 1. The molecule has 4 aromatic rings. The predicted molar refractivity (Wildman–Crippen MR) is 185 cm³/mol. The molecule has 0 N–H and O–H groups in total. The third kappa shape index (κ3) is 6.84. The number of fused-ring (bicyclic) bond motifs is 1. The minimum Gasteiger partial charge on any atom is -0.462 e. The van der Waals surface area contributed by atoms with E-state index in [2.05, 4.69) is 79.0 Å². The largest absolute Gasteiger partial charge is 0.462 e. The Hall–Kier alpha value is -4.11. The van der Waals surface area contributed by atoms with Gasteiger partial charge in [0.2, 0.25) is 5.84 Å². The number of amidine groups is 1. The van der Waals surface area contributed by atoms with E-state index in [-0.39, 0.29) is 5.97 Å². The Kier molecular flexibility index (Phi) is 10.1. The summed E-state index contributed by atoms with van der Waals surface area (Å²) in [5.41, 5.74) is 7.98. The molecule has 0 amide bonds. The highest BCUT2D eigenvalue weighted by Crippen LogP contribution is 2.47. The van der Waals surface area contributed by atoms with Crippen LogP contribution in [-0.4, -0.2) is 72.8 Å². The number of carbonyl (C=O) groups is 1. The quantitative estimate of drug-likeness (QED) is 0.0880. The summed E-state index contributed by atoms with van der Waals surface area (Å²) in [6.45, 7) is 11.0. The minimum atomic E-state index is -0.266. The Morgan fingerprint density at radius 2 is 1.72 bits per heavy atom. The summed E-state index contributed by atoms with van der Waals surface area (Å²) in [4.78, 5) is 25.4. The van der Waals surface area contributed by atoms with Gasteiger partial charge < -0.3 is 14.0 Å². The first-order valence-electron chi connectivity index (χ1n) is 16.7. The first-order chi connectivity index (χ1) is 22.5. The lowest BCUT2D eigenvalue weighted by Crippen LogP contribution is -2.47. The molecule has 8 nitrogen and oxygen atoms in total. The second-order valence-corrected chi connectivity index (χ2v) is 12.5. The number of aliphatic imine (C=N–C) groups is 1. The first kappa shape index (κ1) is 31.9. The molecule has 0 saturated carbocycles. The van der Waals surface area contributed by atoms with E-state index in [0.29, 0.717) is 16.7 Å². The average molecular weight is 621 g/mol. The Morgan fingerprint density at radius 3 is 2.50 bits per heavy atom. The molecule has 1 atom stereocenters. The van der Waals surface area contributed by atoms with Crippen molar-refractivity contribution in [2.24, 2.45) is 4.99 Å². The zero-order chi connectivity index (χ0) is 31.9. The molecule has 0 aliphatic carbocycles. The zero-order valence-electron chi connectivity index (χ0n) is 27.5. The lowest BCUT2D eigenvalue weighted by molar-refractivity contribution is 0.0364. The molecule has 46 heavy (non-hydrogen) atoms. The van der Waals surface area contributed by atoms with Crippen molar-refractivity contribution in [1.82, 2.24) is 18.9 Å². The molecule has 2 aliphatic heterocycles. The monoisotopic (exact) mass is 620 g/mol. The number of benzene rings is 3. The van der Waals surface area contributed by atoms with Gasteiger partial charge in [0.1, 0.15) is 12.2 Å². The van der Waals surface area contributed by atoms with Gasteiger partial charge in [-0.15, -0.1) is 0 Å². The van der Waals surface area contributed by atoms with Gasteiger partial charge in [-0.05, 0) is 30.0 Å². The van der Waals surface area contributed by atoms with Gasteiger partial charge in [0, 0.05) is 56.0 Å². The van der Waals surface area contributed by atoms with E-state index in [9.17, 15) is 4.79 Å². The van der Waals surface area contributed by atoms with Crippen molar-refractivity contribution < 1.29 is 14.3 Å². The molecule has 6 rings (SSSR count). The van der Waals surface area contributed by atoms with Crippen LogP contribution in [0.15, 0.2) is 84.2 Å². The Bertz CT molecular complexity index is 1670. The highest BCUT2D eigenvalue weighted by Gasteiger charge is 2.41. The molecule has 1 aromatic heterocycles. The number of ether oxygens (including phenoxy) is 2. The van der Waals surface area contributed by atoms with Crippen molar-refractivity contribution in [3.63, 3.8) is 0 Å². The molecule has 0 spiro atoms. The van der Waals surface area contributed by atoms with Crippen LogP contribution in [0.1, 0.15) is 55.5 Å². The molecule has 1 saturated heterocycles. The number of carbonyl (C=O) groups excluding carboxylic acids is 1. The summed E-state index contributed by atoms with van der Waals surface area (Å²) in [5.74, 6) is 0.902. The molecule has 8 heteroatoms. The molecule has 3 aromatic carbocycles. The second kappa shape index (κ2) is 14.5. The molecule has 3 heterocycles. The van der Waals surface area contributed by atoms with Gasteiger partial charge in [0.15, 0.2) is 5.69 Å². The summed E-state index contributed by atoms with van der Waals surface area (Å²) < 4.78 is 13.9. The normalized spacial score (nSPS) is 17.9. The number of esters is 1. The number of hydrogen-bond acceptors (Lipinski definition) is 6. The zero-order valence-corrected chi connectivity index (χ0v) is 27.5. The van der Waals surface area contributed by atoms with Gasteiger partial charge in [0.05, 0.1) is 44.5 Å². The number of morpholine rings is 1. The molecule has 1 unspecified atom stereocenters. The van der Waals surface area contributed by atoms with Crippen LogP contribution in [0.25, 0.3) is 22.4 Å². The third-order valence-electron chi connectivity index (χ3n) is 9.16. The fraction of sp³-hybridized carbons (Fsp3) is 0.395. The van der Waals surface area contributed by atoms with E-state index < -0.39 is 0 Å². The fourth-order valence-corrected chi connectivity index (χ4v) is 6.49. The average Bonchev–Trinajstić information content (AvgIpc) is 3.67. The van der Waals surface area contributed by atoms with E-state index in [1.807, 2.05) is 30.6 Å². The number of rotatable bonds is 13. The van der Waals surface area contributed by atoms with Gasteiger partial charge in [-0.1, -0.05) is 74.9 Å². The van der Waals surface area contributed by atoms with Crippen LogP contribution in [0, 0.1) is 0 Å². The fourth-order valence-electron chi connectivity index (χ4n) is 6.49. The lowest BCUT2D eigenvalue weighted by atomic mass is 9.98. The van der Waals surface area contributed by atoms with E-state index in [1.54, 1.807) is 0 Å². The third-order valence-corrected chi connectivity index (χ3v) is 9.16. The number of hydrogen-bond donors (Lipinski definition) is 0. The van der Waals surface area contributed by atoms with Crippen LogP contribution in [0.2, 0.25) is 0 Å². The standard InChI is InChI=1S/C38H46N5O3/c1-4-6-23-46-38(44)32-12-8-7-11-31(32)30-17-15-29(16-18-30)27-43(3)35-14-9-13-33(37(35)40-36(43)10-5-2)34-26-42(28-39-34)20-19-41-21-24-45-25-22-41/h7-9,11-18,26,28H,4-6,10,19-25,27H2,1-3H3/q+1. The highest BCUT2D eigenvalue weighted by molar-refractivity contribution is 6.05. The van der Waals surface area contributed by atoms with Crippen LogP contribution in [0.3, 0.4) is 0 Å². The van der Waals surface area contributed by atoms with Gasteiger partial charge >= 0.3 is 5.97 Å². The Labute approximate surface area is 272 Å². The van der Waals surface area contributed by atoms with E-state index in [4.69, 9.17) is 19.5 Å². The van der Waals surface area contributed by atoms with Gasteiger partial charge in [0.25, 0.3) is 0 Å². The second-order valence-electron chi connectivity index (χ2n) is 12.5. The number of para-hydroxylation sites is 1. The summed E-state index contributed by atoms with van der Waals surface area (Å²) in [6, 6.07) is 22.8. The summed E-state index contributed by atoms with van der Waals surface area (Å²) in [6.07, 6.45) is 7.90. The minimum absolute atomic E-state index is 0.266. The topological polar surface area (TPSA) is 69.0 Å². The number of aromatic nitrogens is 2. The number of unbranched alkanes of at least 4 members (excludes halogenated alkanes) is 1. The molecule has 2 aliphatic rings. The van der Waals surface area contributed by atoms with Crippen molar-refractivity contribution in [3.05, 3.63) is 90.4 Å². The van der Waals surface area contributed by atoms with Crippen LogP contribution >= 0.6 is 0 Å². The maximum Gasteiger partial charge on any atom is 0.338 e. The molecular formula is C38H46N5O3+. The summed E-state index contributed by atoms with van der Waals surface area (Å²) >= 11 is 0. The van der Waals surface area contributed by atoms with Crippen molar-refractivity contribution in [2.45, 2.75) is 52.6 Å². The Morgan fingerprint density at radius 1 is 0.935 bits per heavy atom. The number of nitrogens with zero attached hydrogens (tertiary/aromatic N) is 5. The summed E-state index contributed by atoms with van der Waals surface area (Å²) in [5, 5.41) is 0. The highest BCUT2D eigenvalue weighted by atomic mass is 16.5. The van der Waals surface area contributed by atoms with Gasteiger partial charge in [-0.3, -0.25) is 4.90 Å². The van der Waals surface area contributed by atoms with E-state index in [1.165, 1.54) is 17.1 Å². The van der Waals surface area contributed by atoms with E-state index in [0.717, 1.165) is 99.7 Å². The maximum absolute atomic E-state index is 12.8.